The number of hydrogen-bond donors (Lipinski definition) is 1. The molecule has 3 aromatic rings. The molecular weight excluding hydrogens is 356 g/mol. The Hall–Kier alpha value is -3.67. The molecule has 1 N–H and O–H groups in total. The molecule has 0 saturated carbocycles. The van der Waals surface area contributed by atoms with Gasteiger partial charge in [0.1, 0.15) is 5.76 Å². The maximum Gasteiger partial charge on any atom is 0.290 e. The number of pyridine rings is 1. The van der Waals surface area contributed by atoms with Gasteiger partial charge in [-0.05, 0) is 36.2 Å². The van der Waals surface area contributed by atoms with Crippen molar-refractivity contribution in [3.05, 3.63) is 101 Å². The number of aryl methyl sites for hydroxylation is 1. The van der Waals surface area contributed by atoms with Gasteiger partial charge in [0.25, 0.3) is 5.91 Å². The van der Waals surface area contributed by atoms with E-state index in [1.165, 1.54) is 4.90 Å². The number of nitrogens with zero attached hydrogens (tertiary/aromatic N) is 2. The fraction of sp³-hybridized carbons (Fsp3) is 0.136. The minimum atomic E-state index is -0.716. The van der Waals surface area contributed by atoms with Crippen molar-refractivity contribution in [1.29, 1.82) is 0 Å². The number of hydrogen-bond acceptors (Lipinski definition) is 5. The second kappa shape index (κ2) is 7.15. The number of aromatic nitrogens is 1. The molecular formula is C22H18N2O4. The highest BCUT2D eigenvalue weighted by Crippen LogP contribution is 2.39. The molecule has 1 aromatic carbocycles. The molecule has 140 valence electrons. The molecule has 28 heavy (non-hydrogen) atoms. The molecule has 2 aromatic heterocycles. The summed E-state index contributed by atoms with van der Waals surface area (Å²) in [4.78, 5) is 31.5. The highest BCUT2D eigenvalue weighted by atomic mass is 16.3. The van der Waals surface area contributed by atoms with E-state index in [1.807, 2.05) is 36.4 Å². The first-order valence-electron chi connectivity index (χ1n) is 8.85. The van der Waals surface area contributed by atoms with Crippen molar-refractivity contribution in [1.82, 2.24) is 9.88 Å². The number of carbonyl (C=O) groups is 2. The van der Waals surface area contributed by atoms with Crippen molar-refractivity contribution in [3.63, 3.8) is 0 Å². The second-order valence-corrected chi connectivity index (χ2v) is 6.61. The number of ketones is 1. The first-order chi connectivity index (χ1) is 13.6. The zero-order valence-corrected chi connectivity index (χ0v) is 15.2. The standard InChI is InChI=1S/C22H18N2O4/c1-14-9-10-17(28-14)20(25)18-19(16-7-3-2-4-8-16)24(22(27)21(18)26)13-15-6-5-11-23-12-15/h2-12,19,26H,13H2,1H3/t19-/m1/s1. The van der Waals surface area contributed by atoms with Gasteiger partial charge in [-0.3, -0.25) is 14.6 Å². The summed E-state index contributed by atoms with van der Waals surface area (Å²) in [6.45, 7) is 1.94. The Morgan fingerprint density at radius 1 is 1.14 bits per heavy atom. The number of amides is 1. The zero-order chi connectivity index (χ0) is 19.7. The number of rotatable bonds is 5. The zero-order valence-electron chi connectivity index (χ0n) is 15.2. The maximum absolute atomic E-state index is 13.1. The molecule has 0 bridgehead atoms. The fourth-order valence-electron chi connectivity index (χ4n) is 3.41. The minimum Gasteiger partial charge on any atom is -0.503 e. The van der Waals surface area contributed by atoms with Crippen LogP contribution in [0, 0.1) is 6.92 Å². The van der Waals surface area contributed by atoms with E-state index < -0.39 is 23.5 Å². The molecule has 1 atom stereocenters. The van der Waals surface area contributed by atoms with Gasteiger partial charge in [0.15, 0.2) is 11.5 Å². The molecule has 1 aliphatic rings. The topological polar surface area (TPSA) is 83.6 Å². The van der Waals surface area contributed by atoms with E-state index in [9.17, 15) is 14.7 Å². The van der Waals surface area contributed by atoms with Crippen LogP contribution in [-0.2, 0) is 11.3 Å². The lowest BCUT2D eigenvalue weighted by Crippen LogP contribution is -2.30. The predicted octanol–water partition coefficient (Wildman–Crippen LogP) is 3.76. The first-order valence-corrected chi connectivity index (χ1v) is 8.85. The lowest BCUT2D eigenvalue weighted by molar-refractivity contribution is -0.130. The number of Topliss-reactive ketones (excluding diaryl/α,β-unsaturated/α-hetero) is 1. The third kappa shape index (κ3) is 3.09. The molecule has 0 aliphatic carbocycles. The van der Waals surface area contributed by atoms with Crippen LogP contribution >= 0.6 is 0 Å². The quantitative estimate of drug-likeness (QED) is 0.688. The van der Waals surface area contributed by atoms with Gasteiger partial charge in [0, 0.05) is 18.9 Å². The van der Waals surface area contributed by atoms with Gasteiger partial charge in [-0.25, -0.2) is 0 Å². The lowest BCUT2D eigenvalue weighted by atomic mass is 9.95. The van der Waals surface area contributed by atoms with E-state index in [0.29, 0.717) is 5.76 Å². The van der Waals surface area contributed by atoms with E-state index in [2.05, 4.69) is 4.98 Å². The van der Waals surface area contributed by atoms with Crippen LogP contribution in [0.25, 0.3) is 0 Å². The average molecular weight is 374 g/mol. The Morgan fingerprint density at radius 3 is 2.57 bits per heavy atom. The minimum absolute atomic E-state index is 0.0226. The number of furan rings is 1. The lowest BCUT2D eigenvalue weighted by Gasteiger charge is -2.26. The van der Waals surface area contributed by atoms with Crippen LogP contribution < -0.4 is 0 Å². The van der Waals surface area contributed by atoms with Crippen LogP contribution in [0.15, 0.2) is 82.7 Å². The normalized spacial score (nSPS) is 16.7. The molecule has 1 aliphatic heterocycles. The monoisotopic (exact) mass is 374 g/mol. The van der Waals surface area contributed by atoms with Crippen molar-refractivity contribution in [2.75, 3.05) is 0 Å². The summed E-state index contributed by atoms with van der Waals surface area (Å²) < 4.78 is 5.44. The summed E-state index contributed by atoms with van der Waals surface area (Å²) in [6.07, 6.45) is 3.30. The number of aliphatic hydroxyl groups excluding tert-OH is 1. The van der Waals surface area contributed by atoms with Crippen LogP contribution in [0.2, 0.25) is 0 Å². The number of aliphatic hydroxyl groups is 1. The van der Waals surface area contributed by atoms with E-state index in [1.54, 1.807) is 37.5 Å². The van der Waals surface area contributed by atoms with Crippen molar-refractivity contribution in [2.24, 2.45) is 0 Å². The van der Waals surface area contributed by atoms with Crippen molar-refractivity contribution < 1.29 is 19.1 Å². The highest BCUT2D eigenvalue weighted by Gasteiger charge is 2.44. The molecule has 0 saturated heterocycles. The Balaban J connectivity index is 1.79. The Bertz CT molecular complexity index is 1050. The van der Waals surface area contributed by atoms with Crippen LogP contribution in [0.5, 0.6) is 0 Å². The molecule has 0 fully saturated rings. The Morgan fingerprint density at radius 2 is 1.93 bits per heavy atom. The van der Waals surface area contributed by atoms with Gasteiger partial charge in [-0.2, -0.15) is 0 Å². The van der Waals surface area contributed by atoms with E-state index in [4.69, 9.17) is 4.42 Å². The van der Waals surface area contributed by atoms with Crippen LogP contribution in [0.1, 0.15) is 33.5 Å². The van der Waals surface area contributed by atoms with Crippen molar-refractivity contribution >= 4 is 11.7 Å². The third-order valence-corrected chi connectivity index (χ3v) is 4.70. The molecule has 6 nitrogen and oxygen atoms in total. The van der Waals surface area contributed by atoms with E-state index in [0.717, 1.165) is 11.1 Å². The molecule has 4 rings (SSSR count). The average Bonchev–Trinajstić information content (AvgIpc) is 3.26. The summed E-state index contributed by atoms with van der Waals surface area (Å²) in [5, 5.41) is 10.6. The smallest absolute Gasteiger partial charge is 0.290 e. The van der Waals surface area contributed by atoms with Crippen molar-refractivity contribution in [3.8, 4) is 0 Å². The summed E-state index contributed by atoms with van der Waals surface area (Å²) in [5.41, 5.74) is 1.55. The predicted molar refractivity (Wildman–Crippen MR) is 101 cm³/mol. The molecule has 1 amide bonds. The summed E-state index contributed by atoms with van der Waals surface area (Å²) in [6, 6.07) is 15.3. The van der Waals surface area contributed by atoms with Crippen molar-refractivity contribution in [2.45, 2.75) is 19.5 Å². The second-order valence-electron chi connectivity index (χ2n) is 6.61. The van der Waals surface area contributed by atoms with Gasteiger partial charge in [0.05, 0.1) is 11.6 Å². The number of benzene rings is 1. The third-order valence-electron chi connectivity index (χ3n) is 4.70. The van der Waals surface area contributed by atoms with Gasteiger partial charge in [0.2, 0.25) is 5.78 Å². The van der Waals surface area contributed by atoms with Crippen LogP contribution in [-0.4, -0.2) is 26.7 Å². The maximum atomic E-state index is 13.1. The van der Waals surface area contributed by atoms with Gasteiger partial charge in [-0.1, -0.05) is 36.4 Å². The van der Waals surface area contributed by atoms with Gasteiger partial charge in [-0.15, -0.1) is 0 Å². The molecule has 6 heteroatoms. The summed E-state index contributed by atoms with van der Waals surface area (Å²) in [5.74, 6) is -0.963. The largest absolute Gasteiger partial charge is 0.503 e. The van der Waals surface area contributed by atoms with E-state index >= 15 is 0 Å². The highest BCUT2D eigenvalue weighted by molar-refractivity contribution is 6.15. The SMILES string of the molecule is Cc1ccc(C(=O)C2=C(O)C(=O)N(Cc3cccnc3)[C@@H]2c2ccccc2)o1. The molecule has 0 unspecified atom stereocenters. The first kappa shape index (κ1) is 17.7. The van der Waals surface area contributed by atoms with Gasteiger partial charge < -0.3 is 14.4 Å². The summed E-state index contributed by atoms with van der Waals surface area (Å²) >= 11 is 0. The molecule has 0 spiro atoms. The number of carbonyl (C=O) groups excluding carboxylic acids is 2. The molecule has 3 heterocycles. The van der Waals surface area contributed by atoms with E-state index in [-0.39, 0.29) is 17.9 Å². The molecule has 0 radical (unpaired) electrons. The van der Waals surface area contributed by atoms with Crippen LogP contribution in [0.4, 0.5) is 0 Å². The van der Waals surface area contributed by atoms with Crippen LogP contribution in [0.3, 0.4) is 0 Å². The Labute approximate surface area is 161 Å². The summed E-state index contributed by atoms with van der Waals surface area (Å²) in [7, 11) is 0. The Kier molecular flexibility index (Phi) is 4.53. The fourth-order valence-corrected chi connectivity index (χ4v) is 3.41. The van der Waals surface area contributed by atoms with Gasteiger partial charge >= 0.3 is 0 Å².